The van der Waals surface area contributed by atoms with Gasteiger partial charge in [-0.25, -0.2) is 0 Å². The van der Waals surface area contributed by atoms with Crippen molar-refractivity contribution in [2.24, 2.45) is 0 Å². The largest absolute Gasteiger partial charge is 0.490 e. The first kappa shape index (κ1) is 20.0. The Labute approximate surface area is 178 Å². The minimum Gasteiger partial charge on any atom is -0.490 e. The zero-order chi connectivity index (χ0) is 20.8. The van der Waals surface area contributed by atoms with Crippen LogP contribution in [0.15, 0.2) is 60.5 Å². The number of carbonyl (C=O) groups is 1. The van der Waals surface area contributed by atoms with Gasteiger partial charge in [-0.05, 0) is 24.3 Å². The summed E-state index contributed by atoms with van der Waals surface area (Å²) in [4.78, 5) is 16.5. The van der Waals surface area contributed by atoms with Crippen LogP contribution in [0.1, 0.15) is 6.42 Å². The van der Waals surface area contributed by atoms with Crippen molar-refractivity contribution in [2.75, 3.05) is 24.3 Å². The van der Waals surface area contributed by atoms with Gasteiger partial charge in [0, 0.05) is 42.7 Å². The van der Waals surface area contributed by atoms with Gasteiger partial charge in [0.15, 0.2) is 22.5 Å². The van der Waals surface area contributed by atoms with Crippen molar-refractivity contribution in [3.63, 3.8) is 0 Å². The van der Waals surface area contributed by atoms with Gasteiger partial charge >= 0.3 is 0 Å². The molecule has 0 saturated carbocycles. The molecule has 0 atom stereocenters. The average molecular weight is 423 g/mol. The fraction of sp³-hybridized carbons (Fsp3) is 0.238. The molecule has 0 unspecified atom stereocenters. The fourth-order valence-electron chi connectivity index (χ4n) is 2.97. The molecular formula is C21H21N5O3S. The predicted molar refractivity (Wildman–Crippen MR) is 115 cm³/mol. The second-order valence-electron chi connectivity index (χ2n) is 6.49. The Morgan fingerprint density at radius 1 is 1.17 bits per heavy atom. The van der Waals surface area contributed by atoms with E-state index < -0.39 is 0 Å². The Morgan fingerprint density at radius 3 is 2.77 bits per heavy atom. The summed E-state index contributed by atoms with van der Waals surface area (Å²) in [6.45, 7) is 5.57. The van der Waals surface area contributed by atoms with E-state index in [-0.39, 0.29) is 11.7 Å². The molecule has 0 fully saturated rings. The molecule has 0 radical (unpaired) electrons. The molecule has 9 heteroatoms. The number of ether oxygens (including phenoxy) is 2. The third kappa shape index (κ3) is 4.62. The molecule has 1 aromatic carbocycles. The molecule has 0 bridgehead atoms. The lowest BCUT2D eigenvalue weighted by molar-refractivity contribution is -0.113. The third-order valence-electron chi connectivity index (χ3n) is 4.33. The van der Waals surface area contributed by atoms with Crippen LogP contribution in [0.5, 0.6) is 11.5 Å². The summed E-state index contributed by atoms with van der Waals surface area (Å²) in [5.74, 6) is 2.10. The lowest BCUT2D eigenvalue weighted by Crippen LogP contribution is -2.14. The fourth-order valence-corrected chi connectivity index (χ4v) is 3.72. The van der Waals surface area contributed by atoms with Crippen molar-refractivity contribution in [3.8, 4) is 22.9 Å². The van der Waals surface area contributed by atoms with Crippen LogP contribution in [0.2, 0.25) is 0 Å². The van der Waals surface area contributed by atoms with E-state index in [1.165, 1.54) is 11.8 Å². The first-order valence-corrected chi connectivity index (χ1v) is 10.5. The standard InChI is InChI=1S/C21H21N5O3S/c1-2-10-26-20(15-6-8-22-9-7-15)24-25-21(26)30-14-19(27)23-16-4-5-17-18(13-16)29-12-3-11-28-17/h2,4-9,13H,1,3,10-12,14H2,(H,23,27). The van der Waals surface area contributed by atoms with E-state index in [1.807, 2.05) is 22.8 Å². The van der Waals surface area contributed by atoms with E-state index in [9.17, 15) is 4.79 Å². The molecule has 8 nitrogen and oxygen atoms in total. The van der Waals surface area contributed by atoms with Gasteiger partial charge in [0.05, 0.1) is 19.0 Å². The number of hydrogen-bond acceptors (Lipinski definition) is 7. The van der Waals surface area contributed by atoms with Crippen molar-refractivity contribution in [1.29, 1.82) is 0 Å². The molecule has 1 aliphatic rings. The van der Waals surface area contributed by atoms with Crippen LogP contribution in [0, 0.1) is 0 Å². The summed E-state index contributed by atoms with van der Waals surface area (Å²) < 4.78 is 13.2. The zero-order valence-corrected chi connectivity index (χ0v) is 17.1. The van der Waals surface area contributed by atoms with Crippen molar-refractivity contribution in [1.82, 2.24) is 19.7 Å². The number of amides is 1. The molecule has 3 heterocycles. The molecule has 3 aromatic rings. The van der Waals surface area contributed by atoms with Gasteiger partial charge in [-0.1, -0.05) is 17.8 Å². The summed E-state index contributed by atoms with van der Waals surface area (Å²) >= 11 is 1.32. The van der Waals surface area contributed by atoms with Crippen LogP contribution in [-0.4, -0.2) is 44.6 Å². The van der Waals surface area contributed by atoms with E-state index >= 15 is 0 Å². The van der Waals surface area contributed by atoms with Crippen molar-refractivity contribution in [2.45, 2.75) is 18.1 Å². The minimum atomic E-state index is -0.145. The van der Waals surface area contributed by atoms with E-state index in [1.54, 1.807) is 30.6 Å². The first-order chi connectivity index (χ1) is 14.7. The summed E-state index contributed by atoms with van der Waals surface area (Å²) in [5.41, 5.74) is 1.57. The number of nitrogens with one attached hydrogen (secondary N) is 1. The number of pyridine rings is 1. The summed E-state index contributed by atoms with van der Waals surface area (Å²) in [6, 6.07) is 9.14. The Morgan fingerprint density at radius 2 is 1.97 bits per heavy atom. The molecule has 1 amide bonds. The number of benzene rings is 1. The topological polar surface area (TPSA) is 91.2 Å². The quantitative estimate of drug-likeness (QED) is 0.460. The van der Waals surface area contributed by atoms with Gasteiger partial charge in [-0.15, -0.1) is 16.8 Å². The molecule has 1 aliphatic heterocycles. The van der Waals surface area contributed by atoms with Crippen molar-refractivity contribution >= 4 is 23.4 Å². The van der Waals surface area contributed by atoms with Crippen LogP contribution in [0.3, 0.4) is 0 Å². The van der Waals surface area contributed by atoms with E-state index in [2.05, 4.69) is 27.1 Å². The van der Waals surface area contributed by atoms with Crippen molar-refractivity contribution < 1.29 is 14.3 Å². The van der Waals surface area contributed by atoms with Gasteiger partial charge in [0.2, 0.25) is 5.91 Å². The van der Waals surface area contributed by atoms with E-state index in [0.717, 1.165) is 12.0 Å². The molecule has 154 valence electrons. The molecule has 0 aliphatic carbocycles. The average Bonchev–Trinajstić information content (AvgIpc) is 3.01. The van der Waals surface area contributed by atoms with Gasteiger partial charge in [0.25, 0.3) is 0 Å². The Balaban J connectivity index is 1.42. The number of thioether (sulfide) groups is 1. The number of fused-ring (bicyclic) bond motifs is 1. The molecule has 2 aromatic heterocycles. The number of anilines is 1. The van der Waals surface area contributed by atoms with Crippen molar-refractivity contribution in [3.05, 3.63) is 55.4 Å². The van der Waals surface area contributed by atoms with Crippen LogP contribution in [0.25, 0.3) is 11.4 Å². The summed E-state index contributed by atoms with van der Waals surface area (Å²) in [5, 5.41) is 12.1. The first-order valence-electron chi connectivity index (χ1n) is 9.51. The summed E-state index contributed by atoms with van der Waals surface area (Å²) in [7, 11) is 0. The minimum absolute atomic E-state index is 0.145. The highest BCUT2D eigenvalue weighted by Gasteiger charge is 2.16. The Kier molecular flexibility index (Phi) is 6.29. The number of allylic oxidation sites excluding steroid dienone is 1. The smallest absolute Gasteiger partial charge is 0.234 e. The zero-order valence-electron chi connectivity index (χ0n) is 16.3. The molecular weight excluding hydrogens is 402 g/mol. The SMILES string of the molecule is C=CCn1c(SCC(=O)Nc2ccc3c(c2)OCCCO3)nnc1-c1ccncc1. The second-order valence-corrected chi connectivity index (χ2v) is 7.43. The van der Waals surface area contributed by atoms with Gasteiger partial charge in [-0.2, -0.15) is 0 Å². The normalized spacial score (nSPS) is 12.8. The molecule has 30 heavy (non-hydrogen) atoms. The molecule has 0 saturated heterocycles. The highest BCUT2D eigenvalue weighted by atomic mass is 32.2. The number of carbonyl (C=O) groups excluding carboxylic acids is 1. The number of nitrogens with zero attached hydrogens (tertiary/aromatic N) is 4. The lowest BCUT2D eigenvalue weighted by atomic mass is 10.2. The third-order valence-corrected chi connectivity index (χ3v) is 5.30. The number of hydrogen-bond donors (Lipinski definition) is 1. The highest BCUT2D eigenvalue weighted by Crippen LogP contribution is 2.32. The maximum absolute atomic E-state index is 12.5. The van der Waals surface area contributed by atoms with Gasteiger partial charge in [0.1, 0.15) is 0 Å². The Bertz CT molecular complexity index is 1040. The summed E-state index contributed by atoms with van der Waals surface area (Å²) in [6.07, 6.45) is 6.02. The van der Waals surface area contributed by atoms with Crippen LogP contribution < -0.4 is 14.8 Å². The lowest BCUT2D eigenvalue weighted by Gasteiger charge is -2.10. The van der Waals surface area contributed by atoms with Gasteiger partial charge < -0.3 is 14.8 Å². The molecule has 4 rings (SSSR count). The van der Waals surface area contributed by atoms with E-state index in [4.69, 9.17) is 9.47 Å². The highest BCUT2D eigenvalue weighted by molar-refractivity contribution is 7.99. The molecule has 1 N–H and O–H groups in total. The maximum atomic E-state index is 12.5. The van der Waals surface area contributed by atoms with Gasteiger partial charge in [-0.3, -0.25) is 14.3 Å². The number of rotatable bonds is 7. The van der Waals surface area contributed by atoms with Crippen LogP contribution >= 0.6 is 11.8 Å². The Hall–Kier alpha value is -3.33. The monoisotopic (exact) mass is 423 g/mol. The van der Waals surface area contributed by atoms with E-state index in [0.29, 0.717) is 47.9 Å². The molecule has 0 spiro atoms. The predicted octanol–water partition coefficient (Wildman–Crippen LogP) is 3.42. The van der Waals surface area contributed by atoms with Crippen LogP contribution in [0.4, 0.5) is 5.69 Å². The number of aromatic nitrogens is 4. The van der Waals surface area contributed by atoms with Crippen LogP contribution in [-0.2, 0) is 11.3 Å². The second kappa shape index (κ2) is 9.45. The maximum Gasteiger partial charge on any atom is 0.234 e.